The molecule has 1 aromatic carbocycles. The largest absolute Gasteiger partial charge is 0.494 e. The predicted molar refractivity (Wildman–Crippen MR) is 108 cm³/mol. The third-order valence-corrected chi connectivity index (χ3v) is 6.86. The van der Waals surface area contributed by atoms with Gasteiger partial charge < -0.3 is 9.64 Å². The molecular weight excluding hydrogens is 336 g/mol. The van der Waals surface area contributed by atoms with Crippen molar-refractivity contribution in [3.05, 3.63) is 29.8 Å². The van der Waals surface area contributed by atoms with E-state index in [1.54, 1.807) is 6.92 Å². The molecule has 0 radical (unpaired) electrons. The molecule has 3 unspecified atom stereocenters. The first-order valence-corrected chi connectivity index (χ1v) is 11.0. The van der Waals surface area contributed by atoms with E-state index in [2.05, 4.69) is 29.2 Å². The maximum Gasteiger partial charge on any atom is 0.219 e. The topological polar surface area (TPSA) is 32.8 Å². The summed E-state index contributed by atoms with van der Waals surface area (Å²) >= 11 is 0. The summed E-state index contributed by atoms with van der Waals surface area (Å²) in [5, 5.41) is 0. The van der Waals surface area contributed by atoms with Gasteiger partial charge in [0.05, 0.1) is 6.61 Å². The van der Waals surface area contributed by atoms with Gasteiger partial charge in [0, 0.05) is 38.0 Å². The number of hydrogen-bond acceptors (Lipinski definition) is 3. The van der Waals surface area contributed by atoms with E-state index in [-0.39, 0.29) is 5.91 Å². The van der Waals surface area contributed by atoms with Crippen molar-refractivity contribution in [3.8, 4) is 5.75 Å². The molecule has 0 saturated carbocycles. The fraction of sp³-hybridized carbons (Fsp3) is 0.696. The maximum absolute atomic E-state index is 11.8. The second-order valence-corrected chi connectivity index (χ2v) is 8.55. The molecule has 3 saturated heterocycles. The van der Waals surface area contributed by atoms with Crippen molar-refractivity contribution in [2.75, 3.05) is 19.7 Å². The number of piperidine rings is 2. The molecule has 0 aliphatic carbocycles. The van der Waals surface area contributed by atoms with Crippen LogP contribution < -0.4 is 4.74 Å². The normalized spacial score (nSPS) is 28.8. The highest BCUT2D eigenvalue weighted by Gasteiger charge is 2.35. The van der Waals surface area contributed by atoms with Gasteiger partial charge in [0.2, 0.25) is 5.91 Å². The number of carbonyl (C=O) groups is 1. The second-order valence-electron chi connectivity index (χ2n) is 8.55. The Morgan fingerprint density at radius 1 is 1.00 bits per heavy atom. The molecule has 3 aliphatic rings. The third kappa shape index (κ3) is 4.31. The van der Waals surface area contributed by atoms with E-state index in [9.17, 15) is 4.79 Å². The van der Waals surface area contributed by atoms with Crippen LogP contribution in [-0.4, -0.2) is 47.5 Å². The van der Waals surface area contributed by atoms with Crippen LogP contribution in [0.3, 0.4) is 0 Å². The van der Waals surface area contributed by atoms with Gasteiger partial charge in [-0.15, -0.1) is 0 Å². The first-order valence-electron chi connectivity index (χ1n) is 11.0. The lowest BCUT2D eigenvalue weighted by Crippen LogP contribution is -2.43. The van der Waals surface area contributed by atoms with E-state index in [0.29, 0.717) is 18.7 Å². The molecule has 4 heteroatoms. The second kappa shape index (κ2) is 8.64. The lowest BCUT2D eigenvalue weighted by Gasteiger charge is -2.35. The Balaban J connectivity index is 1.29. The van der Waals surface area contributed by atoms with Crippen LogP contribution in [0.2, 0.25) is 0 Å². The number of rotatable bonds is 5. The fourth-order valence-electron chi connectivity index (χ4n) is 5.43. The van der Waals surface area contributed by atoms with Crippen molar-refractivity contribution >= 4 is 5.91 Å². The Kier molecular flexibility index (Phi) is 6.01. The molecule has 27 heavy (non-hydrogen) atoms. The summed E-state index contributed by atoms with van der Waals surface area (Å²) in [4.78, 5) is 16.6. The Morgan fingerprint density at radius 3 is 2.59 bits per heavy atom. The summed E-state index contributed by atoms with van der Waals surface area (Å²) in [5.41, 5.74) is 1.45. The van der Waals surface area contributed by atoms with E-state index in [1.807, 2.05) is 4.90 Å². The van der Waals surface area contributed by atoms with Gasteiger partial charge in [0.15, 0.2) is 0 Å². The number of likely N-dealkylation sites (tertiary alicyclic amines) is 1. The van der Waals surface area contributed by atoms with E-state index in [0.717, 1.165) is 37.6 Å². The van der Waals surface area contributed by atoms with Gasteiger partial charge in [0.1, 0.15) is 5.75 Å². The molecule has 0 bridgehead atoms. The molecule has 0 spiro atoms. The van der Waals surface area contributed by atoms with Crippen molar-refractivity contribution in [3.63, 3.8) is 0 Å². The van der Waals surface area contributed by atoms with Crippen molar-refractivity contribution in [2.24, 2.45) is 0 Å². The molecule has 148 valence electrons. The zero-order chi connectivity index (χ0) is 18.6. The van der Waals surface area contributed by atoms with Crippen LogP contribution in [0, 0.1) is 0 Å². The number of nitrogens with zero attached hydrogens (tertiary/aromatic N) is 2. The molecule has 3 heterocycles. The van der Waals surface area contributed by atoms with Gasteiger partial charge >= 0.3 is 0 Å². The Morgan fingerprint density at radius 2 is 1.78 bits per heavy atom. The quantitative estimate of drug-likeness (QED) is 0.762. The Labute approximate surface area is 163 Å². The minimum atomic E-state index is 0.205. The Bertz CT molecular complexity index is 630. The highest BCUT2D eigenvalue weighted by molar-refractivity contribution is 5.73. The van der Waals surface area contributed by atoms with Gasteiger partial charge in [-0.1, -0.05) is 18.6 Å². The first-order chi connectivity index (χ1) is 13.2. The van der Waals surface area contributed by atoms with E-state index in [4.69, 9.17) is 4.74 Å². The van der Waals surface area contributed by atoms with Crippen LogP contribution in [0.4, 0.5) is 0 Å². The molecule has 3 aliphatic heterocycles. The fourth-order valence-corrected chi connectivity index (χ4v) is 5.43. The number of hydrogen-bond donors (Lipinski definition) is 0. The molecule has 0 N–H and O–H groups in total. The van der Waals surface area contributed by atoms with Crippen LogP contribution in [0.5, 0.6) is 5.75 Å². The predicted octanol–water partition coefficient (Wildman–Crippen LogP) is 4.55. The van der Waals surface area contributed by atoms with Crippen molar-refractivity contribution < 1.29 is 9.53 Å². The minimum absolute atomic E-state index is 0.205. The highest BCUT2D eigenvalue weighted by Crippen LogP contribution is 2.40. The summed E-state index contributed by atoms with van der Waals surface area (Å²) in [5.74, 6) is 1.16. The molecule has 1 aromatic rings. The van der Waals surface area contributed by atoms with E-state index >= 15 is 0 Å². The zero-order valence-corrected chi connectivity index (χ0v) is 16.7. The van der Waals surface area contributed by atoms with Crippen LogP contribution >= 0.6 is 0 Å². The van der Waals surface area contributed by atoms with E-state index in [1.165, 1.54) is 50.6 Å². The standard InChI is InChI=1S/C23H34N2O2/c1-18(26)24-15-4-2-7-21(24)14-17-27-22-11-8-19(9-12-22)23-13-10-20-6-3-5-16-25(20)23/h8-9,11-12,20-21,23H,2-7,10,13-17H2,1H3. The summed E-state index contributed by atoms with van der Waals surface area (Å²) < 4.78 is 6.01. The van der Waals surface area contributed by atoms with Crippen molar-refractivity contribution in [2.45, 2.75) is 82.8 Å². The zero-order valence-electron chi connectivity index (χ0n) is 16.7. The number of amides is 1. The highest BCUT2D eigenvalue weighted by atomic mass is 16.5. The molecular formula is C23H34N2O2. The maximum atomic E-state index is 11.8. The van der Waals surface area contributed by atoms with Crippen LogP contribution in [0.25, 0.3) is 0 Å². The summed E-state index contributed by atoms with van der Waals surface area (Å²) in [6, 6.07) is 10.6. The van der Waals surface area contributed by atoms with Gasteiger partial charge in [0.25, 0.3) is 0 Å². The summed E-state index contributed by atoms with van der Waals surface area (Å²) in [7, 11) is 0. The number of ether oxygens (including phenoxy) is 1. The monoisotopic (exact) mass is 370 g/mol. The minimum Gasteiger partial charge on any atom is -0.494 e. The Hall–Kier alpha value is -1.55. The average molecular weight is 371 g/mol. The van der Waals surface area contributed by atoms with Crippen LogP contribution in [0.1, 0.15) is 76.3 Å². The van der Waals surface area contributed by atoms with Crippen molar-refractivity contribution in [1.29, 1.82) is 0 Å². The summed E-state index contributed by atoms with van der Waals surface area (Å²) in [6.45, 7) is 4.55. The number of carbonyl (C=O) groups excluding carboxylic acids is 1. The van der Waals surface area contributed by atoms with Gasteiger partial charge in [-0.25, -0.2) is 0 Å². The smallest absolute Gasteiger partial charge is 0.219 e. The van der Waals surface area contributed by atoms with E-state index < -0.39 is 0 Å². The van der Waals surface area contributed by atoms with Gasteiger partial charge in [-0.3, -0.25) is 9.69 Å². The lowest BCUT2D eigenvalue weighted by molar-refractivity contribution is -0.132. The van der Waals surface area contributed by atoms with Gasteiger partial charge in [-0.2, -0.15) is 0 Å². The lowest BCUT2D eigenvalue weighted by atomic mass is 9.99. The SMILES string of the molecule is CC(=O)N1CCCCC1CCOc1ccc(C2CCC3CCCCN32)cc1. The van der Waals surface area contributed by atoms with Crippen LogP contribution in [-0.2, 0) is 4.79 Å². The number of fused-ring (bicyclic) bond motifs is 1. The van der Waals surface area contributed by atoms with Crippen LogP contribution in [0.15, 0.2) is 24.3 Å². The average Bonchev–Trinajstić information content (AvgIpc) is 3.13. The molecule has 3 atom stereocenters. The van der Waals surface area contributed by atoms with Gasteiger partial charge in [-0.05, 0) is 69.2 Å². The van der Waals surface area contributed by atoms with Crippen molar-refractivity contribution in [1.82, 2.24) is 9.80 Å². The molecule has 4 nitrogen and oxygen atoms in total. The molecule has 3 fully saturated rings. The molecule has 1 amide bonds. The first kappa shape index (κ1) is 18.8. The molecule has 4 rings (SSSR count). The number of benzene rings is 1. The summed E-state index contributed by atoms with van der Waals surface area (Å²) in [6.07, 6.45) is 11.2. The molecule has 0 aromatic heterocycles. The third-order valence-electron chi connectivity index (χ3n) is 6.86.